The van der Waals surface area contributed by atoms with Crippen molar-refractivity contribution in [2.45, 2.75) is 65.4 Å². The second kappa shape index (κ2) is 11.2. The number of rotatable bonds is 7. The lowest BCUT2D eigenvalue weighted by molar-refractivity contribution is -0.148. The van der Waals surface area contributed by atoms with E-state index in [0.29, 0.717) is 0 Å². The Kier molecular flexibility index (Phi) is 8.13. The summed E-state index contributed by atoms with van der Waals surface area (Å²) >= 11 is 1.84. The molecule has 4 heteroatoms. The molecule has 3 nitrogen and oxygen atoms in total. The second-order valence-electron chi connectivity index (χ2n) is 11.7. The third kappa shape index (κ3) is 6.93. The molecular weight excluding hydrogens is 488 g/mol. The first kappa shape index (κ1) is 27.7. The van der Waals surface area contributed by atoms with Gasteiger partial charge in [0.2, 0.25) is 0 Å². The fourth-order valence-corrected chi connectivity index (χ4v) is 5.71. The van der Waals surface area contributed by atoms with E-state index < -0.39 is 5.60 Å². The molecule has 198 valence electrons. The molecule has 4 aromatic rings. The van der Waals surface area contributed by atoms with Crippen LogP contribution in [0.2, 0.25) is 0 Å². The number of hydrogen-bond acceptors (Lipinski definition) is 4. The molecule has 3 aromatic carbocycles. The molecule has 0 aliphatic heterocycles. The van der Waals surface area contributed by atoms with Gasteiger partial charge in [-0.3, -0.25) is 0 Å². The molecule has 0 aliphatic rings. The summed E-state index contributed by atoms with van der Waals surface area (Å²) < 4.78 is 12.1. The van der Waals surface area contributed by atoms with Gasteiger partial charge in [0.05, 0.1) is 7.11 Å². The zero-order valence-corrected chi connectivity index (χ0v) is 24.4. The molecule has 1 heterocycles. The summed E-state index contributed by atoms with van der Waals surface area (Å²) in [4.78, 5) is 13.3. The Morgan fingerprint density at radius 1 is 0.868 bits per heavy atom. The van der Waals surface area contributed by atoms with Crippen molar-refractivity contribution in [3.05, 3.63) is 95.1 Å². The van der Waals surface area contributed by atoms with Gasteiger partial charge in [-0.2, -0.15) is 0 Å². The Hall–Kier alpha value is -3.37. The van der Waals surface area contributed by atoms with Gasteiger partial charge in [-0.1, -0.05) is 69.3 Å². The van der Waals surface area contributed by atoms with Crippen molar-refractivity contribution in [2.24, 2.45) is 0 Å². The number of fused-ring (bicyclic) bond motifs is 1. The van der Waals surface area contributed by atoms with Crippen molar-refractivity contribution in [3.8, 4) is 16.2 Å². The first-order valence-corrected chi connectivity index (χ1v) is 13.9. The Labute approximate surface area is 231 Å². The highest BCUT2D eigenvalue weighted by molar-refractivity contribution is 7.22. The maximum Gasteiger partial charge on any atom is 0.331 e. The van der Waals surface area contributed by atoms with Gasteiger partial charge < -0.3 is 9.47 Å². The standard InChI is InChI=1S/C34H38O3S/c1-33(2,3)26-16-14-25(15-17-26)32-29(28-20-18-27(36-7)22-30(28)38-32)19-12-23-8-10-24(11-9-23)13-21-31(35)37-34(4,5)6/h8-11,13-18,20-22H,12,19H2,1-7H3/b21-13+. The highest BCUT2D eigenvalue weighted by atomic mass is 32.1. The van der Waals surface area contributed by atoms with Crippen LogP contribution in [0.25, 0.3) is 26.6 Å². The second-order valence-corrected chi connectivity index (χ2v) is 12.8. The van der Waals surface area contributed by atoms with Crippen molar-refractivity contribution in [1.82, 2.24) is 0 Å². The Bertz CT molecular complexity index is 1430. The molecule has 0 radical (unpaired) electrons. The lowest BCUT2D eigenvalue weighted by atomic mass is 9.86. The summed E-state index contributed by atoms with van der Waals surface area (Å²) in [6.07, 6.45) is 5.16. The monoisotopic (exact) mass is 526 g/mol. The number of carbonyl (C=O) groups is 1. The summed E-state index contributed by atoms with van der Waals surface area (Å²) in [5, 5.41) is 1.29. The molecule has 0 spiro atoms. The summed E-state index contributed by atoms with van der Waals surface area (Å²) in [5.41, 5.74) is 5.86. The topological polar surface area (TPSA) is 35.5 Å². The first-order chi connectivity index (χ1) is 17.9. The summed E-state index contributed by atoms with van der Waals surface area (Å²) in [6.45, 7) is 12.3. The van der Waals surface area contributed by atoms with Crippen LogP contribution in [0.5, 0.6) is 5.75 Å². The van der Waals surface area contributed by atoms with E-state index in [4.69, 9.17) is 9.47 Å². The van der Waals surface area contributed by atoms with E-state index >= 15 is 0 Å². The van der Waals surface area contributed by atoms with Gasteiger partial charge >= 0.3 is 5.97 Å². The van der Waals surface area contributed by atoms with Gasteiger partial charge in [-0.05, 0) is 96.5 Å². The number of hydrogen-bond donors (Lipinski definition) is 0. The SMILES string of the molecule is COc1ccc2c(CCc3ccc(/C=C/C(=O)OC(C)(C)C)cc3)c(-c3ccc(C(C)(C)C)cc3)sc2c1. The average Bonchev–Trinajstić information content (AvgIpc) is 3.23. The highest BCUT2D eigenvalue weighted by Crippen LogP contribution is 2.41. The molecule has 0 unspecified atom stereocenters. The lowest BCUT2D eigenvalue weighted by Crippen LogP contribution is -2.22. The molecule has 0 atom stereocenters. The molecule has 38 heavy (non-hydrogen) atoms. The first-order valence-electron chi connectivity index (χ1n) is 13.1. The van der Waals surface area contributed by atoms with E-state index in [1.807, 2.05) is 32.1 Å². The summed E-state index contributed by atoms with van der Waals surface area (Å²) in [6, 6.07) is 23.8. The van der Waals surface area contributed by atoms with E-state index in [1.54, 1.807) is 13.2 Å². The van der Waals surface area contributed by atoms with Crippen LogP contribution < -0.4 is 4.74 Å². The predicted molar refractivity (Wildman–Crippen MR) is 161 cm³/mol. The fraction of sp³-hybridized carbons (Fsp3) is 0.324. The normalized spacial score (nSPS) is 12.3. The molecule has 1 aromatic heterocycles. The molecule has 0 fully saturated rings. The third-order valence-corrected chi connectivity index (χ3v) is 7.72. The van der Waals surface area contributed by atoms with Crippen LogP contribution in [0.1, 0.15) is 63.8 Å². The quantitative estimate of drug-likeness (QED) is 0.178. The molecule has 4 rings (SSSR count). The van der Waals surface area contributed by atoms with Crippen molar-refractivity contribution in [3.63, 3.8) is 0 Å². The van der Waals surface area contributed by atoms with Gasteiger partial charge in [0.1, 0.15) is 11.4 Å². The molecular formula is C34H38O3S. The van der Waals surface area contributed by atoms with E-state index in [1.165, 1.54) is 43.3 Å². The molecule has 0 aliphatic carbocycles. The molecule has 0 amide bonds. The van der Waals surface area contributed by atoms with Crippen LogP contribution >= 0.6 is 11.3 Å². The highest BCUT2D eigenvalue weighted by Gasteiger charge is 2.17. The van der Waals surface area contributed by atoms with Gasteiger partial charge in [-0.25, -0.2) is 4.79 Å². The summed E-state index contributed by atoms with van der Waals surface area (Å²) in [5.74, 6) is 0.556. The zero-order chi connectivity index (χ0) is 27.5. The largest absolute Gasteiger partial charge is 0.497 e. The Morgan fingerprint density at radius 2 is 1.55 bits per heavy atom. The third-order valence-electron chi connectivity index (χ3n) is 6.48. The predicted octanol–water partition coefficient (Wildman–Crippen LogP) is 9.01. The van der Waals surface area contributed by atoms with Gasteiger partial charge in [0.15, 0.2) is 0 Å². The fourth-order valence-electron chi connectivity index (χ4n) is 4.43. The van der Waals surface area contributed by atoms with Crippen LogP contribution in [0.3, 0.4) is 0 Å². The number of carbonyl (C=O) groups excluding carboxylic acids is 1. The van der Waals surface area contributed by atoms with Crippen molar-refractivity contribution in [1.29, 1.82) is 0 Å². The number of aryl methyl sites for hydroxylation is 2. The molecule has 0 saturated heterocycles. The minimum absolute atomic E-state index is 0.128. The van der Waals surface area contributed by atoms with Crippen molar-refractivity contribution >= 4 is 33.5 Å². The smallest absolute Gasteiger partial charge is 0.331 e. The van der Waals surface area contributed by atoms with Gasteiger partial charge in [0.25, 0.3) is 0 Å². The van der Waals surface area contributed by atoms with Crippen LogP contribution in [0, 0.1) is 0 Å². The van der Waals surface area contributed by atoms with Crippen LogP contribution in [-0.4, -0.2) is 18.7 Å². The molecule has 0 bridgehead atoms. The molecule has 0 N–H and O–H groups in total. The Morgan fingerprint density at radius 3 is 2.16 bits per heavy atom. The number of ether oxygens (including phenoxy) is 2. The number of benzene rings is 3. The maximum absolute atomic E-state index is 12.0. The minimum Gasteiger partial charge on any atom is -0.497 e. The van der Waals surface area contributed by atoms with Gasteiger partial charge in [0, 0.05) is 15.7 Å². The number of thiophene rings is 1. The number of esters is 1. The van der Waals surface area contributed by atoms with Crippen LogP contribution in [0.15, 0.2) is 72.8 Å². The maximum atomic E-state index is 12.0. The van der Waals surface area contributed by atoms with Crippen molar-refractivity contribution in [2.75, 3.05) is 7.11 Å². The number of methoxy groups -OCH3 is 1. The van der Waals surface area contributed by atoms with E-state index in [9.17, 15) is 4.79 Å². The zero-order valence-electron chi connectivity index (χ0n) is 23.6. The van der Waals surface area contributed by atoms with E-state index in [2.05, 4.69) is 87.5 Å². The van der Waals surface area contributed by atoms with E-state index in [-0.39, 0.29) is 11.4 Å². The van der Waals surface area contributed by atoms with Crippen LogP contribution in [-0.2, 0) is 27.8 Å². The van der Waals surface area contributed by atoms with Crippen LogP contribution in [0.4, 0.5) is 0 Å². The van der Waals surface area contributed by atoms with Crippen molar-refractivity contribution < 1.29 is 14.3 Å². The minimum atomic E-state index is -0.490. The summed E-state index contributed by atoms with van der Waals surface area (Å²) in [7, 11) is 1.72. The lowest BCUT2D eigenvalue weighted by Gasteiger charge is -2.19. The van der Waals surface area contributed by atoms with E-state index in [0.717, 1.165) is 24.2 Å². The average molecular weight is 527 g/mol. The molecule has 0 saturated carbocycles. The Balaban J connectivity index is 1.56. The van der Waals surface area contributed by atoms with Gasteiger partial charge in [-0.15, -0.1) is 11.3 Å².